The zero-order valence-corrected chi connectivity index (χ0v) is 5.95. The molecular weight excluding hydrogens is 160 g/mol. The minimum absolute atomic E-state index is 0.0460. The molecule has 0 saturated carbocycles. The molecule has 0 aromatic carbocycles. The second kappa shape index (κ2) is 3.03. The number of nitrogens with zero attached hydrogens (tertiary/aromatic N) is 2. The molecule has 1 fully saturated rings. The molecule has 1 saturated heterocycles. The van der Waals surface area contributed by atoms with Crippen LogP contribution in [0.4, 0.5) is 0 Å². The molecule has 0 spiro atoms. The Labute approximate surface area is 62.6 Å². The van der Waals surface area contributed by atoms with Crippen molar-refractivity contribution in [2.24, 2.45) is 0 Å². The molecule has 5 nitrogen and oxygen atoms in total. The minimum atomic E-state index is -0.486. The van der Waals surface area contributed by atoms with Crippen LogP contribution in [-0.4, -0.2) is 35.3 Å². The fourth-order valence-electron chi connectivity index (χ4n) is 0.778. The van der Waals surface area contributed by atoms with Crippen molar-refractivity contribution in [3.63, 3.8) is 0 Å². The molecule has 0 N–H and O–H groups in total. The summed E-state index contributed by atoms with van der Waals surface area (Å²) in [5.74, 6) is 0.237. The molecule has 0 aromatic rings. The van der Waals surface area contributed by atoms with Crippen LogP contribution in [0.3, 0.4) is 0 Å². The van der Waals surface area contributed by atoms with Gasteiger partial charge in [0.15, 0.2) is 11.8 Å². The van der Waals surface area contributed by atoms with Gasteiger partial charge in [-0.05, 0) is 0 Å². The van der Waals surface area contributed by atoms with E-state index in [1.165, 1.54) is 0 Å². The fourth-order valence-corrected chi connectivity index (χ4v) is 1.03. The van der Waals surface area contributed by atoms with Crippen LogP contribution in [0, 0.1) is 10.1 Å². The normalized spacial score (nSPS) is 25.3. The van der Waals surface area contributed by atoms with Crippen molar-refractivity contribution in [1.82, 2.24) is 5.01 Å². The summed E-state index contributed by atoms with van der Waals surface area (Å²) in [6.45, 7) is 0.398. The van der Waals surface area contributed by atoms with Crippen LogP contribution in [0.25, 0.3) is 0 Å². The van der Waals surface area contributed by atoms with Crippen molar-refractivity contribution in [2.45, 2.75) is 6.04 Å². The van der Waals surface area contributed by atoms with Gasteiger partial charge in [-0.25, -0.2) is 10.1 Å². The van der Waals surface area contributed by atoms with Crippen LogP contribution < -0.4 is 0 Å². The number of ether oxygens (including phenoxy) is 1. The lowest BCUT2D eigenvalue weighted by Gasteiger charge is -2.09. The van der Waals surface area contributed by atoms with Crippen molar-refractivity contribution in [2.75, 3.05) is 19.2 Å². The van der Waals surface area contributed by atoms with Gasteiger partial charge in [0.1, 0.15) is 6.04 Å². The van der Waals surface area contributed by atoms with Gasteiger partial charge in [0, 0.05) is 0 Å². The highest BCUT2D eigenvalue weighted by molar-refractivity contribution is 6.18. The summed E-state index contributed by atoms with van der Waals surface area (Å²) >= 11 is 5.42. The summed E-state index contributed by atoms with van der Waals surface area (Å²) in [5.41, 5.74) is 0. The average molecular weight is 167 g/mol. The van der Waals surface area contributed by atoms with E-state index < -0.39 is 5.03 Å². The monoisotopic (exact) mass is 166 g/mol. The number of nitro groups is 1. The first kappa shape index (κ1) is 7.56. The summed E-state index contributed by atoms with van der Waals surface area (Å²) in [6, 6.07) is -0.267. The number of rotatable bonds is 2. The number of hydrazine groups is 1. The highest BCUT2D eigenvalue weighted by Crippen LogP contribution is 2.09. The van der Waals surface area contributed by atoms with E-state index in [4.69, 9.17) is 16.3 Å². The predicted octanol–water partition coefficient (Wildman–Crippen LogP) is 0.0752. The van der Waals surface area contributed by atoms with Crippen molar-refractivity contribution in [3.05, 3.63) is 10.1 Å². The molecule has 1 aliphatic heterocycles. The molecule has 58 valence electrons. The maximum absolute atomic E-state index is 10.2. The van der Waals surface area contributed by atoms with E-state index in [0.717, 1.165) is 5.01 Å². The zero-order chi connectivity index (χ0) is 7.56. The Kier molecular flexibility index (Phi) is 2.29. The van der Waals surface area contributed by atoms with Crippen molar-refractivity contribution >= 4 is 11.6 Å². The van der Waals surface area contributed by atoms with Crippen molar-refractivity contribution < 1.29 is 9.77 Å². The summed E-state index contributed by atoms with van der Waals surface area (Å²) < 4.78 is 4.82. The quantitative estimate of drug-likeness (QED) is 0.331. The Bertz CT molecular complexity index is 142. The molecule has 0 aromatic heterocycles. The third-order valence-electron chi connectivity index (χ3n) is 1.34. The van der Waals surface area contributed by atoms with Gasteiger partial charge in [0.05, 0.1) is 12.5 Å². The van der Waals surface area contributed by atoms with E-state index >= 15 is 0 Å². The van der Waals surface area contributed by atoms with Crippen LogP contribution in [0.15, 0.2) is 0 Å². The third kappa shape index (κ3) is 1.30. The van der Waals surface area contributed by atoms with Gasteiger partial charge in [-0.2, -0.15) is 0 Å². The van der Waals surface area contributed by atoms with E-state index in [9.17, 15) is 10.1 Å². The lowest BCUT2D eigenvalue weighted by atomic mass is 10.4. The Morgan fingerprint density at radius 2 is 2.60 bits per heavy atom. The lowest BCUT2D eigenvalue weighted by molar-refractivity contribution is -0.661. The second-order valence-electron chi connectivity index (χ2n) is 1.99. The highest BCUT2D eigenvalue weighted by atomic mass is 35.5. The van der Waals surface area contributed by atoms with Gasteiger partial charge in [0.25, 0.3) is 0 Å². The highest BCUT2D eigenvalue weighted by Gasteiger charge is 2.31. The Morgan fingerprint density at radius 3 is 3.00 bits per heavy atom. The summed E-state index contributed by atoms with van der Waals surface area (Å²) in [4.78, 5) is 10.2. The lowest BCUT2D eigenvalue weighted by Crippen LogP contribution is -2.36. The number of halogens is 1. The first-order chi connectivity index (χ1) is 4.75. The molecule has 0 aliphatic carbocycles. The second-order valence-corrected chi connectivity index (χ2v) is 2.29. The topological polar surface area (TPSA) is 55.6 Å². The van der Waals surface area contributed by atoms with Crippen molar-refractivity contribution in [3.8, 4) is 0 Å². The first-order valence-corrected chi connectivity index (χ1v) is 3.34. The average Bonchev–Trinajstić information content (AvgIpc) is 2.33. The Hall–Kier alpha value is -0.550. The molecule has 1 atom stereocenters. The summed E-state index contributed by atoms with van der Waals surface area (Å²) in [5, 5.41) is 10.7. The molecule has 1 heterocycles. The smallest absolute Gasteiger partial charge is 0.177 e. The molecule has 6 heteroatoms. The number of hydrogen-bond acceptors (Lipinski definition) is 3. The van der Waals surface area contributed by atoms with Gasteiger partial charge in [-0.15, -0.1) is 11.6 Å². The fraction of sp³-hybridized carbons (Fsp3) is 1.00. The van der Waals surface area contributed by atoms with E-state index in [2.05, 4.69) is 0 Å². The molecule has 1 unspecified atom stereocenters. The van der Waals surface area contributed by atoms with Gasteiger partial charge in [-0.1, -0.05) is 5.01 Å². The van der Waals surface area contributed by atoms with E-state index in [0.29, 0.717) is 6.61 Å². The molecule has 1 aliphatic rings. The third-order valence-corrected chi connectivity index (χ3v) is 1.70. The van der Waals surface area contributed by atoms with Gasteiger partial charge in [-0.3, -0.25) is 0 Å². The van der Waals surface area contributed by atoms with Crippen LogP contribution in [-0.2, 0) is 4.74 Å². The van der Waals surface area contributed by atoms with Crippen LogP contribution >= 0.6 is 11.6 Å². The largest absolute Gasteiger partial charge is 0.353 e. The maximum Gasteiger partial charge on any atom is 0.177 e. The molecule has 0 radical (unpaired) electrons. The summed E-state index contributed by atoms with van der Waals surface area (Å²) in [6.07, 6.45) is 0. The molecular formula is C4H7ClN2O3. The zero-order valence-electron chi connectivity index (χ0n) is 5.20. The van der Waals surface area contributed by atoms with Gasteiger partial charge in [0.2, 0.25) is 0 Å². The van der Waals surface area contributed by atoms with Crippen LogP contribution in [0.1, 0.15) is 0 Å². The van der Waals surface area contributed by atoms with E-state index in [1.54, 1.807) is 0 Å². The number of hydrogen-bond donors (Lipinski definition) is 0. The Balaban J connectivity index is 2.50. The Morgan fingerprint density at radius 1 is 1.90 bits per heavy atom. The van der Waals surface area contributed by atoms with E-state index in [-0.39, 0.29) is 18.7 Å². The van der Waals surface area contributed by atoms with Crippen molar-refractivity contribution in [1.29, 1.82) is 0 Å². The molecule has 0 bridgehead atoms. The van der Waals surface area contributed by atoms with Crippen LogP contribution in [0.5, 0.6) is 0 Å². The van der Waals surface area contributed by atoms with Gasteiger partial charge < -0.3 is 4.74 Å². The van der Waals surface area contributed by atoms with Gasteiger partial charge >= 0.3 is 0 Å². The minimum Gasteiger partial charge on any atom is -0.353 e. The maximum atomic E-state index is 10.2. The van der Waals surface area contributed by atoms with E-state index in [1.807, 2.05) is 0 Å². The standard InChI is InChI=1S/C4H7ClN2O3/c5-1-4-2-10-3-6(4)7(8)9/h4H,1-3H2. The summed E-state index contributed by atoms with van der Waals surface area (Å²) in [7, 11) is 0. The predicted molar refractivity (Wildman–Crippen MR) is 34.2 cm³/mol. The number of alkyl halides is 1. The van der Waals surface area contributed by atoms with Crippen LogP contribution in [0.2, 0.25) is 0 Å². The first-order valence-electron chi connectivity index (χ1n) is 2.80. The molecule has 10 heavy (non-hydrogen) atoms. The molecule has 1 rings (SSSR count). The molecule has 0 amide bonds. The SMILES string of the molecule is O=[N+]([O-])N1COCC1CCl.